The summed E-state index contributed by atoms with van der Waals surface area (Å²) in [6.45, 7) is 0. The Morgan fingerprint density at radius 3 is 2.71 bits per heavy atom. The van der Waals surface area contributed by atoms with Gasteiger partial charge in [0.25, 0.3) is 0 Å². The van der Waals surface area contributed by atoms with Gasteiger partial charge in [0.1, 0.15) is 0 Å². The SMILES string of the molecule is [Ir][c]1cccnc1. The van der Waals surface area contributed by atoms with Gasteiger partial charge in [0.15, 0.2) is 0 Å². The van der Waals surface area contributed by atoms with Crippen molar-refractivity contribution in [3.63, 3.8) is 0 Å². The third-order valence-corrected chi connectivity index (χ3v) is 1.32. The van der Waals surface area contributed by atoms with E-state index in [1.54, 1.807) is 6.20 Å². The van der Waals surface area contributed by atoms with Crippen molar-refractivity contribution in [1.82, 2.24) is 4.98 Å². The standard InChI is InChI=1S/C5H4N.Ir/c1-2-4-6-5-3-1;/h1-2,4-5H;. The summed E-state index contributed by atoms with van der Waals surface area (Å²) in [7, 11) is 0. The summed E-state index contributed by atoms with van der Waals surface area (Å²) in [5.74, 6) is 0. The number of hydrogen-bond donors (Lipinski definition) is 0. The second kappa shape index (κ2) is 2.20. The molecule has 0 bridgehead atoms. The predicted octanol–water partition coefficient (Wildman–Crippen LogP) is 0.254. The Kier molecular flexibility index (Phi) is 1.55. The molecule has 1 aromatic rings. The van der Waals surface area contributed by atoms with Crippen LogP contribution in [0.1, 0.15) is 0 Å². The first-order chi connectivity index (χ1) is 3.39. The number of pyridine rings is 1. The van der Waals surface area contributed by atoms with Crippen LogP contribution in [0.2, 0.25) is 0 Å². The second-order valence-electron chi connectivity index (χ2n) is 1.15. The van der Waals surface area contributed by atoms with E-state index in [4.69, 9.17) is 0 Å². The summed E-state index contributed by atoms with van der Waals surface area (Å²) in [4.78, 5) is 3.88. The van der Waals surface area contributed by atoms with Crippen molar-refractivity contribution in [2.24, 2.45) is 0 Å². The molecule has 0 saturated heterocycles. The molecule has 7 heavy (non-hydrogen) atoms. The van der Waals surface area contributed by atoms with Gasteiger partial charge in [-0.25, -0.2) is 0 Å². The van der Waals surface area contributed by atoms with Gasteiger partial charge in [-0.3, -0.25) is 0 Å². The summed E-state index contributed by atoms with van der Waals surface area (Å²) in [6.07, 6.45) is 3.60. The van der Waals surface area contributed by atoms with E-state index < -0.39 is 0 Å². The van der Waals surface area contributed by atoms with E-state index in [0.717, 1.165) is 0 Å². The minimum atomic E-state index is 1.21. The van der Waals surface area contributed by atoms with Gasteiger partial charge in [-0.1, -0.05) is 0 Å². The molecule has 0 amide bonds. The molecule has 1 rings (SSSR count). The van der Waals surface area contributed by atoms with Crippen LogP contribution in [-0.4, -0.2) is 4.98 Å². The third kappa shape index (κ3) is 1.38. The van der Waals surface area contributed by atoms with Crippen LogP contribution in [0, 0.1) is 0 Å². The maximum absolute atomic E-state index is 3.88. The van der Waals surface area contributed by atoms with Crippen molar-refractivity contribution in [3.05, 3.63) is 24.5 Å². The number of aromatic nitrogens is 1. The molecular weight excluding hydrogens is 266 g/mol. The molecule has 38 valence electrons. The van der Waals surface area contributed by atoms with Gasteiger partial charge >= 0.3 is 52.5 Å². The molecule has 1 aromatic heterocycles. The van der Waals surface area contributed by atoms with E-state index in [0.29, 0.717) is 0 Å². The van der Waals surface area contributed by atoms with Crippen molar-refractivity contribution in [1.29, 1.82) is 0 Å². The Hall–Kier alpha value is -0.201. The van der Waals surface area contributed by atoms with Gasteiger partial charge < -0.3 is 0 Å². The van der Waals surface area contributed by atoms with E-state index in [9.17, 15) is 0 Å². The fourth-order valence-corrected chi connectivity index (χ4v) is 0.743. The fraction of sp³-hybridized carbons (Fsp3) is 0. The average Bonchev–Trinajstić information content (AvgIpc) is 1.69. The Morgan fingerprint density at radius 1 is 1.57 bits per heavy atom. The summed E-state index contributed by atoms with van der Waals surface area (Å²) in [5.41, 5.74) is 0. The van der Waals surface area contributed by atoms with Gasteiger partial charge in [0.05, 0.1) is 0 Å². The number of hydrogen-bond acceptors (Lipinski definition) is 1. The molecule has 0 unspecified atom stereocenters. The molecule has 0 radical (unpaired) electrons. The van der Waals surface area contributed by atoms with Crippen molar-refractivity contribution >= 4 is 4.08 Å². The van der Waals surface area contributed by atoms with Crippen LogP contribution in [-0.2, 0) is 18.9 Å². The predicted molar refractivity (Wildman–Crippen MR) is 23.9 cm³/mol. The van der Waals surface area contributed by atoms with Crippen molar-refractivity contribution in [2.45, 2.75) is 0 Å². The molecule has 0 aliphatic carbocycles. The summed E-state index contributed by atoms with van der Waals surface area (Å²) in [6, 6.07) is 3.95. The molecule has 0 fully saturated rings. The molecule has 0 N–H and O–H groups in total. The quantitative estimate of drug-likeness (QED) is 0.659. The van der Waals surface area contributed by atoms with Gasteiger partial charge in [-0.05, 0) is 0 Å². The van der Waals surface area contributed by atoms with Gasteiger partial charge in [-0.2, -0.15) is 0 Å². The summed E-state index contributed by atoms with van der Waals surface area (Å²) in [5, 5.41) is 0. The Bertz CT molecular complexity index is 138. The van der Waals surface area contributed by atoms with Crippen molar-refractivity contribution in [3.8, 4) is 0 Å². The van der Waals surface area contributed by atoms with Crippen LogP contribution in [0.5, 0.6) is 0 Å². The molecule has 0 saturated carbocycles. The first-order valence-electron chi connectivity index (χ1n) is 1.93. The van der Waals surface area contributed by atoms with Gasteiger partial charge in [0, 0.05) is 0 Å². The molecule has 2 heteroatoms. The van der Waals surface area contributed by atoms with Gasteiger partial charge in [-0.15, -0.1) is 0 Å². The first kappa shape index (κ1) is 4.95. The minimum absolute atomic E-state index is 1.21. The first-order valence-corrected chi connectivity index (χ1v) is 3.12. The molecule has 0 aliphatic heterocycles. The zero-order valence-corrected chi connectivity index (χ0v) is 5.99. The molecule has 0 spiro atoms. The Balaban J connectivity index is 3.02. The zero-order valence-electron chi connectivity index (χ0n) is 3.59. The number of nitrogens with zero attached hydrogens (tertiary/aromatic N) is 1. The molecule has 1 nitrogen and oxygen atoms in total. The van der Waals surface area contributed by atoms with Crippen molar-refractivity contribution < 1.29 is 18.9 Å². The summed E-state index contributed by atoms with van der Waals surface area (Å²) >= 11 is 2.02. The van der Waals surface area contributed by atoms with Crippen LogP contribution in [0.4, 0.5) is 0 Å². The van der Waals surface area contributed by atoms with E-state index in [-0.39, 0.29) is 0 Å². The van der Waals surface area contributed by atoms with Crippen LogP contribution in [0.3, 0.4) is 0 Å². The second-order valence-corrected chi connectivity index (χ2v) is 2.53. The number of rotatable bonds is 0. The molecule has 0 aromatic carbocycles. The molecule has 0 atom stereocenters. The fourth-order valence-electron chi connectivity index (χ4n) is 0.334. The normalized spacial score (nSPS) is 8.86. The van der Waals surface area contributed by atoms with E-state index >= 15 is 0 Å². The average molecular weight is 270 g/mol. The van der Waals surface area contributed by atoms with E-state index in [2.05, 4.69) is 4.98 Å². The van der Waals surface area contributed by atoms with Crippen LogP contribution in [0.25, 0.3) is 0 Å². The van der Waals surface area contributed by atoms with Crippen LogP contribution in [0.15, 0.2) is 24.5 Å². The molecular formula is C5H4IrN. The van der Waals surface area contributed by atoms with E-state index in [1.165, 1.54) is 4.08 Å². The Morgan fingerprint density at radius 2 is 2.43 bits per heavy atom. The van der Waals surface area contributed by atoms with Gasteiger partial charge in [0.2, 0.25) is 0 Å². The monoisotopic (exact) mass is 271 g/mol. The Labute approximate surface area is 52.9 Å². The third-order valence-electron chi connectivity index (χ3n) is 0.612. The van der Waals surface area contributed by atoms with Crippen molar-refractivity contribution in [2.75, 3.05) is 0 Å². The zero-order chi connectivity index (χ0) is 5.11. The topological polar surface area (TPSA) is 12.9 Å². The maximum atomic E-state index is 3.88. The summed E-state index contributed by atoms with van der Waals surface area (Å²) < 4.78 is 1.21. The van der Waals surface area contributed by atoms with Crippen LogP contribution >= 0.6 is 0 Å². The molecule has 1 heterocycles. The molecule has 0 aliphatic rings. The van der Waals surface area contributed by atoms with E-state index in [1.807, 2.05) is 37.2 Å². The van der Waals surface area contributed by atoms with Crippen LogP contribution < -0.4 is 4.08 Å².